The van der Waals surface area contributed by atoms with Gasteiger partial charge in [-0.2, -0.15) is 0 Å². The molecule has 0 aliphatic carbocycles. The molecule has 1 heterocycles. The normalized spacial score (nSPS) is 27.3. The molecule has 1 rings (SSSR count). The Balaban J connectivity index is 2.43. The fourth-order valence-electron chi connectivity index (χ4n) is 1.30. The molecule has 1 fully saturated rings. The average molecular weight is 158 g/mol. The molecule has 1 aliphatic rings. The van der Waals surface area contributed by atoms with Gasteiger partial charge >= 0.3 is 5.97 Å². The Hall–Kier alpha value is -0.570. The Morgan fingerprint density at radius 1 is 1.64 bits per heavy atom. The zero-order valence-corrected chi connectivity index (χ0v) is 6.91. The third-order valence-electron chi connectivity index (χ3n) is 2.05. The lowest BCUT2D eigenvalue weighted by molar-refractivity contribution is -0.137. The number of cyclic esters (lactones) is 1. The summed E-state index contributed by atoms with van der Waals surface area (Å²) >= 11 is 0. The molecule has 2 unspecified atom stereocenters. The number of aliphatic hydroxyl groups is 1. The largest absolute Gasteiger partial charge is 0.465 e. The predicted molar refractivity (Wildman–Crippen MR) is 39.9 cm³/mol. The summed E-state index contributed by atoms with van der Waals surface area (Å²) in [4.78, 5) is 10.6. The number of hydrogen-bond donors (Lipinski definition) is 1. The molecule has 1 saturated heterocycles. The van der Waals surface area contributed by atoms with Crippen molar-refractivity contribution in [3.63, 3.8) is 0 Å². The van der Waals surface area contributed by atoms with Gasteiger partial charge in [0.25, 0.3) is 0 Å². The number of hydrogen-bond acceptors (Lipinski definition) is 3. The third-order valence-corrected chi connectivity index (χ3v) is 2.05. The highest BCUT2D eigenvalue weighted by Gasteiger charge is 2.31. The van der Waals surface area contributed by atoms with E-state index in [2.05, 4.69) is 0 Å². The first-order chi connectivity index (χ1) is 5.11. The number of carbonyl (C=O) groups excluding carboxylic acids is 1. The van der Waals surface area contributed by atoms with E-state index in [-0.39, 0.29) is 17.8 Å². The second-order valence-electron chi connectivity index (χ2n) is 3.38. The summed E-state index contributed by atoms with van der Waals surface area (Å²) in [6, 6.07) is 0. The summed E-state index contributed by atoms with van der Waals surface area (Å²) in [5.74, 6) is 0.0340. The van der Waals surface area contributed by atoms with E-state index in [1.54, 1.807) is 0 Å². The zero-order valence-electron chi connectivity index (χ0n) is 6.91. The van der Waals surface area contributed by atoms with Crippen LogP contribution in [0.5, 0.6) is 0 Å². The smallest absolute Gasteiger partial charge is 0.306 e. The SMILES string of the molecule is CC(C)C(O)C1COC(=O)C1. The van der Waals surface area contributed by atoms with E-state index in [1.165, 1.54) is 0 Å². The van der Waals surface area contributed by atoms with E-state index in [4.69, 9.17) is 4.74 Å². The molecule has 2 atom stereocenters. The van der Waals surface area contributed by atoms with Crippen molar-refractivity contribution >= 4 is 5.97 Å². The van der Waals surface area contributed by atoms with Crippen molar-refractivity contribution in [3.8, 4) is 0 Å². The average Bonchev–Trinajstić information content (AvgIpc) is 2.34. The molecular formula is C8H14O3. The molecule has 0 amide bonds. The summed E-state index contributed by atoms with van der Waals surface area (Å²) < 4.78 is 4.74. The summed E-state index contributed by atoms with van der Waals surface area (Å²) in [7, 11) is 0. The van der Waals surface area contributed by atoms with E-state index in [0.717, 1.165) is 0 Å². The zero-order chi connectivity index (χ0) is 8.43. The van der Waals surface area contributed by atoms with Crippen LogP contribution in [0.2, 0.25) is 0 Å². The molecule has 3 nitrogen and oxygen atoms in total. The molecule has 1 N–H and O–H groups in total. The highest BCUT2D eigenvalue weighted by molar-refractivity contribution is 5.71. The van der Waals surface area contributed by atoms with Crippen LogP contribution in [0.3, 0.4) is 0 Å². The van der Waals surface area contributed by atoms with E-state index < -0.39 is 6.10 Å². The monoisotopic (exact) mass is 158 g/mol. The van der Waals surface area contributed by atoms with Crippen LogP contribution in [0, 0.1) is 11.8 Å². The lowest BCUT2D eigenvalue weighted by Crippen LogP contribution is -2.26. The molecule has 1 aliphatic heterocycles. The minimum Gasteiger partial charge on any atom is -0.465 e. The van der Waals surface area contributed by atoms with E-state index in [0.29, 0.717) is 13.0 Å². The lowest BCUT2D eigenvalue weighted by atomic mass is 9.93. The van der Waals surface area contributed by atoms with Gasteiger partial charge in [-0.05, 0) is 5.92 Å². The van der Waals surface area contributed by atoms with Crippen molar-refractivity contribution < 1.29 is 14.6 Å². The number of carbonyl (C=O) groups is 1. The topological polar surface area (TPSA) is 46.5 Å². The van der Waals surface area contributed by atoms with Crippen LogP contribution in [0.4, 0.5) is 0 Å². The van der Waals surface area contributed by atoms with Crippen LogP contribution in [0.15, 0.2) is 0 Å². The number of rotatable bonds is 2. The van der Waals surface area contributed by atoms with Crippen LogP contribution in [-0.2, 0) is 9.53 Å². The van der Waals surface area contributed by atoms with Gasteiger partial charge in [0.1, 0.15) is 0 Å². The molecule has 0 bridgehead atoms. The fourth-order valence-corrected chi connectivity index (χ4v) is 1.30. The fraction of sp³-hybridized carbons (Fsp3) is 0.875. The molecule has 0 aromatic rings. The van der Waals surface area contributed by atoms with Crippen LogP contribution >= 0.6 is 0 Å². The van der Waals surface area contributed by atoms with Gasteiger partial charge in [0.05, 0.1) is 19.1 Å². The second kappa shape index (κ2) is 3.22. The second-order valence-corrected chi connectivity index (χ2v) is 3.38. The first kappa shape index (κ1) is 8.53. The molecule has 0 saturated carbocycles. The van der Waals surface area contributed by atoms with Crippen LogP contribution in [0.1, 0.15) is 20.3 Å². The molecular weight excluding hydrogens is 144 g/mol. The summed E-state index contributed by atoms with van der Waals surface area (Å²) in [5, 5.41) is 9.51. The molecule has 64 valence electrons. The molecule has 0 radical (unpaired) electrons. The first-order valence-electron chi connectivity index (χ1n) is 3.95. The third kappa shape index (κ3) is 1.93. The highest BCUT2D eigenvalue weighted by atomic mass is 16.5. The first-order valence-corrected chi connectivity index (χ1v) is 3.95. The lowest BCUT2D eigenvalue weighted by Gasteiger charge is -2.18. The maximum atomic E-state index is 10.6. The van der Waals surface area contributed by atoms with Crippen molar-refractivity contribution in [2.75, 3.05) is 6.61 Å². The van der Waals surface area contributed by atoms with Crippen molar-refractivity contribution in [3.05, 3.63) is 0 Å². The Kier molecular flexibility index (Phi) is 2.49. The van der Waals surface area contributed by atoms with Gasteiger partial charge in [-0.1, -0.05) is 13.8 Å². The summed E-state index contributed by atoms with van der Waals surface area (Å²) in [6.07, 6.45) is -0.0271. The number of ether oxygens (including phenoxy) is 1. The molecule has 3 heteroatoms. The quantitative estimate of drug-likeness (QED) is 0.597. The Bertz CT molecular complexity index is 153. The maximum Gasteiger partial charge on any atom is 0.306 e. The van der Waals surface area contributed by atoms with E-state index >= 15 is 0 Å². The van der Waals surface area contributed by atoms with Crippen molar-refractivity contribution in [2.24, 2.45) is 11.8 Å². The van der Waals surface area contributed by atoms with Gasteiger partial charge in [-0.15, -0.1) is 0 Å². The molecule has 11 heavy (non-hydrogen) atoms. The van der Waals surface area contributed by atoms with Crippen LogP contribution in [0.25, 0.3) is 0 Å². The molecule has 0 aromatic carbocycles. The van der Waals surface area contributed by atoms with Crippen LogP contribution < -0.4 is 0 Å². The standard InChI is InChI=1S/C8H14O3/c1-5(2)8(10)6-3-7(9)11-4-6/h5-6,8,10H,3-4H2,1-2H3. The highest BCUT2D eigenvalue weighted by Crippen LogP contribution is 2.22. The van der Waals surface area contributed by atoms with Gasteiger partial charge in [-0.3, -0.25) is 4.79 Å². The van der Waals surface area contributed by atoms with E-state index in [1.807, 2.05) is 13.8 Å². The number of aliphatic hydroxyl groups excluding tert-OH is 1. The Morgan fingerprint density at radius 2 is 2.27 bits per heavy atom. The van der Waals surface area contributed by atoms with Gasteiger partial charge in [-0.25, -0.2) is 0 Å². The van der Waals surface area contributed by atoms with Gasteiger partial charge < -0.3 is 9.84 Å². The minimum absolute atomic E-state index is 0.0162. The van der Waals surface area contributed by atoms with Gasteiger partial charge in [0, 0.05) is 5.92 Å². The Morgan fingerprint density at radius 3 is 2.64 bits per heavy atom. The predicted octanol–water partition coefficient (Wildman–Crippen LogP) is 0.566. The van der Waals surface area contributed by atoms with Gasteiger partial charge in [0.2, 0.25) is 0 Å². The van der Waals surface area contributed by atoms with Crippen molar-refractivity contribution in [1.82, 2.24) is 0 Å². The van der Waals surface area contributed by atoms with Crippen LogP contribution in [-0.4, -0.2) is 23.8 Å². The van der Waals surface area contributed by atoms with E-state index in [9.17, 15) is 9.90 Å². The van der Waals surface area contributed by atoms with Gasteiger partial charge in [0.15, 0.2) is 0 Å². The van der Waals surface area contributed by atoms with Crippen molar-refractivity contribution in [2.45, 2.75) is 26.4 Å². The summed E-state index contributed by atoms with van der Waals surface area (Å²) in [6.45, 7) is 4.26. The number of esters is 1. The van der Waals surface area contributed by atoms with Crippen molar-refractivity contribution in [1.29, 1.82) is 0 Å². The summed E-state index contributed by atoms with van der Waals surface area (Å²) in [5.41, 5.74) is 0. The minimum atomic E-state index is -0.401. The molecule has 0 spiro atoms. The Labute approximate surface area is 66.4 Å². The maximum absolute atomic E-state index is 10.6. The molecule has 0 aromatic heterocycles.